The Balaban J connectivity index is 1.17. The Hall–Kier alpha value is -7.68. The van der Waals surface area contributed by atoms with Crippen LogP contribution in [0.1, 0.15) is 25.0 Å². The summed E-state index contributed by atoms with van der Waals surface area (Å²) in [5.74, 6) is 0. The molecule has 61 heavy (non-hydrogen) atoms. The SMILES string of the molecule is CC1(C)c2ccccc2-c2c(-c3c4ccccc4c(-c4ccc5nc(-c6ccccc6)c(-c6ccccc6)nc5c4)c4ccc(-c5cccc6ccccc56)cc34)cccc21. The van der Waals surface area contributed by atoms with Crippen molar-refractivity contribution in [2.75, 3.05) is 0 Å². The van der Waals surface area contributed by atoms with Crippen LogP contribution in [0.2, 0.25) is 0 Å². The molecule has 10 aromatic carbocycles. The zero-order valence-corrected chi connectivity index (χ0v) is 34.0. The Kier molecular flexibility index (Phi) is 7.92. The average molecular weight is 777 g/mol. The van der Waals surface area contributed by atoms with E-state index in [0.29, 0.717) is 0 Å². The number of rotatable bonds is 5. The second-order valence-corrected chi connectivity index (χ2v) is 16.8. The van der Waals surface area contributed by atoms with Crippen molar-refractivity contribution in [1.29, 1.82) is 0 Å². The van der Waals surface area contributed by atoms with Crippen LogP contribution in [-0.2, 0) is 5.41 Å². The van der Waals surface area contributed by atoms with Gasteiger partial charge >= 0.3 is 0 Å². The van der Waals surface area contributed by atoms with Crippen molar-refractivity contribution in [3.8, 4) is 67.0 Å². The summed E-state index contributed by atoms with van der Waals surface area (Å²) in [4.78, 5) is 10.7. The van der Waals surface area contributed by atoms with Gasteiger partial charge in [0.05, 0.1) is 22.4 Å². The molecule has 0 radical (unpaired) electrons. The molecule has 1 aliphatic rings. The van der Waals surface area contributed by atoms with Crippen molar-refractivity contribution in [3.63, 3.8) is 0 Å². The second-order valence-electron chi connectivity index (χ2n) is 16.8. The van der Waals surface area contributed by atoms with Gasteiger partial charge in [0.1, 0.15) is 0 Å². The molecule has 2 heteroatoms. The Bertz CT molecular complexity index is 3540. The molecule has 286 valence electrons. The summed E-state index contributed by atoms with van der Waals surface area (Å²) in [5.41, 5.74) is 18.1. The van der Waals surface area contributed by atoms with Gasteiger partial charge in [0.2, 0.25) is 0 Å². The lowest BCUT2D eigenvalue weighted by atomic mass is 9.80. The van der Waals surface area contributed by atoms with Gasteiger partial charge in [-0.2, -0.15) is 0 Å². The molecule has 0 atom stereocenters. The average Bonchev–Trinajstić information content (AvgIpc) is 3.56. The predicted octanol–water partition coefficient (Wildman–Crippen LogP) is 15.7. The van der Waals surface area contributed by atoms with Crippen LogP contribution < -0.4 is 0 Å². The van der Waals surface area contributed by atoms with Gasteiger partial charge in [0, 0.05) is 16.5 Å². The van der Waals surface area contributed by atoms with Gasteiger partial charge in [-0.3, -0.25) is 0 Å². The second kappa shape index (κ2) is 13.7. The maximum Gasteiger partial charge on any atom is 0.0973 e. The normalized spacial score (nSPS) is 12.9. The number of hydrogen-bond donors (Lipinski definition) is 0. The summed E-state index contributed by atoms with van der Waals surface area (Å²) in [6.07, 6.45) is 0. The van der Waals surface area contributed by atoms with Crippen molar-refractivity contribution in [3.05, 3.63) is 217 Å². The summed E-state index contributed by atoms with van der Waals surface area (Å²) >= 11 is 0. The quantitative estimate of drug-likeness (QED) is 0.163. The van der Waals surface area contributed by atoms with Crippen LogP contribution >= 0.6 is 0 Å². The van der Waals surface area contributed by atoms with E-state index in [9.17, 15) is 0 Å². The third-order valence-electron chi connectivity index (χ3n) is 13.0. The summed E-state index contributed by atoms with van der Waals surface area (Å²) in [6.45, 7) is 4.74. The third kappa shape index (κ3) is 5.49. The summed E-state index contributed by atoms with van der Waals surface area (Å²) < 4.78 is 0. The van der Waals surface area contributed by atoms with Crippen molar-refractivity contribution in [2.45, 2.75) is 19.3 Å². The number of hydrogen-bond acceptors (Lipinski definition) is 2. The number of aromatic nitrogens is 2. The smallest absolute Gasteiger partial charge is 0.0973 e. The molecule has 0 spiro atoms. The van der Waals surface area contributed by atoms with Crippen LogP contribution in [0, 0.1) is 0 Å². The molecular formula is C59H40N2. The molecule has 0 N–H and O–H groups in total. The third-order valence-corrected chi connectivity index (χ3v) is 13.0. The van der Waals surface area contributed by atoms with Crippen LogP contribution in [0.25, 0.3) is 110 Å². The van der Waals surface area contributed by atoms with Crippen molar-refractivity contribution in [2.24, 2.45) is 0 Å². The minimum absolute atomic E-state index is 0.118. The molecule has 0 unspecified atom stereocenters. The fourth-order valence-electron chi connectivity index (χ4n) is 10.2. The van der Waals surface area contributed by atoms with Gasteiger partial charge < -0.3 is 0 Å². The van der Waals surface area contributed by atoms with Gasteiger partial charge in [-0.25, -0.2) is 9.97 Å². The molecule has 1 aliphatic carbocycles. The minimum atomic E-state index is -0.118. The maximum atomic E-state index is 5.43. The molecule has 12 rings (SSSR count). The van der Waals surface area contributed by atoms with Crippen LogP contribution in [0.15, 0.2) is 206 Å². The Morgan fingerprint density at radius 1 is 0.311 bits per heavy atom. The van der Waals surface area contributed by atoms with Gasteiger partial charge in [-0.15, -0.1) is 0 Å². The van der Waals surface area contributed by atoms with Crippen LogP contribution in [0.4, 0.5) is 0 Å². The summed E-state index contributed by atoms with van der Waals surface area (Å²) in [6, 6.07) is 74.9. The molecular weight excluding hydrogens is 737 g/mol. The lowest BCUT2D eigenvalue weighted by Gasteiger charge is -2.23. The van der Waals surface area contributed by atoms with Crippen molar-refractivity contribution in [1.82, 2.24) is 9.97 Å². The fourth-order valence-corrected chi connectivity index (χ4v) is 10.2. The maximum absolute atomic E-state index is 5.43. The zero-order chi connectivity index (χ0) is 40.7. The first kappa shape index (κ1) is 35.3. The van der Waals surface area contributed by atoms with Gasteiger partial charge in [0.25, 0.3) is 0 Å². The van der Waals surface area contributed by atoms with Crippen LogP contribution in [-0.4, -0.2) is 9.97 Å². The largest absolute Gasteiger partial charge is 0.244 e. The molecule has 0 bridgehead atoms. The van der Waals surface area contributed by atoms with E-state index in [1.165, 1.54) is 82.4 Å². The molecule has 0 amide bonds. The summed E-state index contributed by atoms with van der Waals surface area (Å²) in [5, 5.41) is 7.36. The molecule has 0 saturated heterocycles. The molecule has 11 aromatic rings. The molecule has 0 saturated carbocycles. The fraction of sp³-hybridized carbons (Fsp3) is 0.0508. The molecule has 0 fully saturated rings. The zero-order valence-electron chi connectivity index (χ0n) is 34.0. The van der Waals surface area contributed by atoms with Gasteiger partial charge in [-0.1, -0.05) is 202 Å². The van der Waals surface area contributed by atoms with E-state index in [0.717, 1.165) is 39.1 Å². The number of fused-ring (bicyclic) bond motifs is 7. The first-order valence-corrected chi connectivity index (χ1v) is 21.2. The molecule has 1 heterocycles. The van der Waals surface area contributed by atoms with E-state index in [2.05, 4.69) is 208 Å². The van der Waals surface area contributed by atoms with Gasteiger partial charge in [0.15, 0.2) is 0 Å². The van der Waals surface area contributed by atoms with E-state index < -0.39 is 0 Å². The first-order chi connectivity index (χ1) is 30.0. The Morgan fingerprint density at radius 3 is 1.62 bits per heavy atom. The summed E-state index contributed by atoms with van der Waals surface area (Å²) in [7, 11) is 0. The first-order valence-electron chi connectivity index (χ1n) is 21.2. The van der Waals surface area contributed by atoms with E-state index in [-0.39, 0.29) is 5.41 Å². The lowest BCUT2D eigenvalue weighted by molar-refractivity contribution is 0.660. The Morgan fingerprint density at radius 2 is 0.852 bits per heavy atom. The van der Waals surface area contributed by atoms with Crippen molar-refractivity contribution < 1.29 is 0 Å². The standard InChI is InChI=1S/C59H40N2/c1-59(2)50-29-14-13-26-47(50)56-48(28-16-30-51(56)59)55-45-25-12-11-24-44(45)54(46-33-31-40(35-49(46)55)43-27-15-22-37-17-9-10-23-42(37)43)41-32-34-52-53(36-41)61-58(39-20-7-4-8-21-39)57(60-52)38-18-5-3-6-19-38/h3-36H,1-2H3. The van der Waals surface area contributed by atoms with E-state index in [4.69, 9.17) is 9.97 Å². The van der Waals surface area contributed by atoms with E-state index >= 15 is 0 Å². The Labute approximate surface area is 355 Å². The number of nitrogens with zero attached hydrogens (tertiary/aromatic N) is 2. The highest BCUT2D eigenvalue weighted by Gasteiger charge is 2.37. The van der Waals surface area contributed by atoms with E-state index in [1.807, 2.05) is 12.1 Å². The topological polar surface area (TPSA) is 25.8 Å². The minimum Gasteiger partial charge on any atom is -0.244 e. The highest BCUT2D eigenvalue weighted by molar-refractivity contribution is 6.24. The van der Waals surface area contributed by atoms with Crippen LogP contribution in [0.5, 0.6) is 0 Å². The lowest BCUT2D eigenvalue weighted by Crippen LogP contribution is -2.14. The highest BCUT2D eigenvalue weighted by Crippen LogP contribution is 2.55. The van der Waals surface area contributed by atoms with Crippen molar-refractivity contribution >= 4 is 43.4 Å². The molecule has 2 nitrogen and oxygen atoms in total. The molecule has 1 aromatic heterocycles. The molecule has 0 aliphatic heterocycles. The monoisotopic (exact) mass is 776 g/mol. The predicted molar refractivity (Wildman–Crippen MR) is 257 cm³/mol. The van der Waals surface area contributed by atoms with E-state index in [1.54, 1.807) is 0 Å². The van der Waals surface area contributed by atoms with Crippen LogP contribution in [0.3, 0.4) is 0 Å². The highest BCUT2D eigenvalue weighted by atomic mass is 14.8. The van der Waals surface area contributed by atoms with Gasteiger partial charge in [-0.05, 0) is 106 Å². The number of benzene rings is 10.